The van der Waals surface area contributed by atoms with Gasteiger partial charge in [0, 0.05) is 30.7 Å². The number of benzene rings is 2. The molecule has 4 amide bonds. The van der Waals surface area contributed by atoms with Crippen LogP contribution in [0, 0.1) is 0 Å². The summed E-state index contributed by atoms with van der Waals surface area (Å²) in [5.74, 6) is -0.344. The molecule has 3 heterocycles. The lowest BCUT2D eigenvalue weighted by atomic mass is 10.1. The molecule has 176 valence electrons. The number of amides is 4. The van der Waals surface area contributed by atoms with Crippen molar-refractivity contribution >= 4 is 46.8 Å². The monoisotopic (exact) mass is 490 g/mol. The summed E-state index contributed by atoms with van der Waals surface area (Å²) in [4.78, 5) is 55.0. The Morgan fingerprint density at radius 1 is 0.971 bits per heavy atom. The van der Waals surface area contributed by atoms with Crippen LogP contribution in [0.5, 0.6) is 11.5 Å². The number of carbonyl (C=O) groups excluding carboxylic acids is 4. The topological polar surface area (TPSA) is 127 Å². The summed E-state index contributed by atoms with van der Waals surface area (Å²) in [5, 5.41) is 5.88. The molecule has 2 N–H and O–H groups in total. The van der Waals surface area contributed by atoms with E-state index in [1.807, 2.05) is 0 Å². The molecule has 5 rings (SSSR count). The van der Waals surface area contributed by atoms with Crippen LogP contribution in [0.3, 0.4) is 0 Å². The summed E-state index contributed by atoms with van der Waals surface area (Å²) >= 11 is 1.11. The number of ether oxygens (including phenoxy) is 2. The van der Waals surface area contributed by atoms with Crippen molar-refractivity contribution in [1.82, 2.24) is 9.88 Å². The molecule has 3 aromatic rings. The Labute approximate surface area is 203 Å². The molecule has 2 aliphatic heterocycles. The van der Waals surface area contributed by atoms with Gasteiger partial charge in [-0.05, 0) is 42.5 Å². The van der Waals surface area contributed by atoms with Crippen molar-refractivity contribution in [2.75, 3.05) is 30.2 Å². The zero-order valence-corrected chi connectivity index (χ0v) is 19.2. The van der Waals surface area contributed by atoms with Gasteiger partial charge in [0.2, 0.25) is 12.7 Å². The Bertz CT molecular complexity index is 1390. The van der Waals surface area contributed by atoms with Gasteiger partial charge in [-0.1, -0.05) is 11.8 Å². The van der Waals surface area contributed by atoms with Crippen molar-refractivity contribution in [2.24, 2.45) is 0 Å². The van der Waals surface area contributed by atoms with Crippen molar-refractivity contribution < 1.29 is 28.7 Å². The Balaban J connectivity index is 1.24. The first kappa shape index (κ1) is 22.4. The number of hydrogen-bond donors (Lipinski definition) is 2. The second kappa shape index (κ2) is 9.11. The largest absolute Gasteiger partial charge is 0.454 e. The fraction of sp³-hybridized carbons (Fsp3) is 0.125. The number of rotatable bonds is 6. The highest BCUT2D eigenvalue weighted by Crippen LogP contribution is 2.34. The van der Waals surface area contributed by atoms with Crippen LogP contribution in [-0.2, 0) is 4.79 Å². The van der Waals surface area contributed by atoms with Gasteiger partial charge in [0.15, 0.2) is 11.5 Å². The van der Waals surface area contributed by atoms with Crippen LogP contribution < -0.4 is 20.1 Å². The number of nitrogens with zero attached hydrogens (tertiary/aromatic N) is 2. The molecule has 35 heavy (non-hydrogen) atoms. The number of nitrogens with one attached hydrogen (secondary N) is 2. The summed E-state index contributed by atoms with van der Waals surface area (Å²) in [6.07, 6.45) is 1.53. The number of thioether (sulfide) groups is 1. The lowest BCUT2D eigenvalue weighted by Crippen LogP contribution is -2.24. The smallest absolute Gasteiger partial charge is 0.261 e. The van der Waals surface area contributed by atoms with Gasteiger partial charge < -0.3 is 20.1 Å². The quantitative estimate of drug-likeness (QED) is 0.399. The highest BCUT2D eigenvalue weighted by Gasteiger charge is 2.32. The second-order valence-corrected chi connectivity index (χ2v) is 8.61. The lowest BCUT2D eigenvalue weighted by Gasteiger charge is -2.10. The number of imide groups is 1. The van der Waals surface area contributed by atoms with Crippen LogP contribution in [0.15, 0.2) is 59.8 Å². The first-order chi connectivity index (χ1) is 16.9. The molecule has 0 unspecified atom stereocenters. The third kappa shape index (κ3) is 4.41. The van der Waals surface area contributed by atoms with E-state index in [9.17, 15) is 19.2 Å². The van der Waals surface area contributed by atoms with Crippen LogP contribution in [0.4, 0.5) is 11.4 Å². The molecular weight excluding hydrogens is 472 g/mol. The van der Waals surface area contributed by atoms with Crippen molar-refractivity contribution in [3.05, 3.63) is 71.4 Å². The Morgan fingerprint density at radius 2 is 1.71 bits per heavy atom. The molecule has 0 radical (unpaired) electrons. The maximum atomic E-state index is 12.9. The number of carbonyl (C=O) groups is 4. The van der Waals surface area contributed by atoms with E-state index in [1.54, 1.807) is 36.4 Å². The Morgan fingerprint density at radius 3 is 2.57 bits per heavy atom. The molecule has 2 aliphatic rings. The van der Waals surface area contributed by atoms with Gasteiger partial charge >= 0.3 is 0 Å². The molecule has 1 aromatic heterocycles. The Hall–Kier alpha value is -4.38. The van der Waals surface area contributed by atoms with E-state index >= 15 is 0 Å². The van der Waals surface area contributed by atoms with Crippen molar-refractivity contribution in [1.29, 1.82) is 0 Å². The van der Waals surface area contributed by atoms with Gasteiger partial charge in [-0.2, -0.15) is 0 Å². The van der Waals surface area contributed by atoms with Gasteiger partial charge in [0.05, 0.1) is 22.4 Å². The summed E-state index contributed by atoms with van der Waals surface area (Å²) < 4.78 is 10.6. The van der Waals surface area contributed by atoms with E-state index in [-0.39, 0.29) is 35.5 Å². The minimum Gasteiger partial charge on any atom is -0.454 e. The number of pyridine rings is 1. The molecule has 0 saturated heterocycles. The zero-order valence-electron chi connectivity index (χ0n) is 18.4. The van der Waals surface area contributed by atoms with Crippen LogP contribution in [-0.4, -0.2) is 53.1 Å². The van der Waals surface area contributed by atoms with E-state index < -0.39 is 11.8 Å². The molecule has 10 nitrogen and oxygen atoms in total. The highest BCUT2D eigenvalue weighted by atomic mass is 32.2. The summed E-state index contributed by atoms with van der Waals surface area (Å²) in [5.41, 5.74) is 1.73. The van der Waals surface area contributed by atoms with Gasteiger partial charge in [0.1, 0.15) is 5.03 Å². The molecule has 0 spiro atoms. The maximum Gasteiger partial charge on any atom is 0.261 e. The van der Waals surface area contributed by atoms with Crippen LogP contribution >= 0.6 is 11.8 Å². The first-order valence-electron chi connectivity index (χ1n) is 10.5. The minimum atomic E-state index is -0.457. The third-order valence-corrected chi connectivity index (χ3v) is 6.36. The van der Waals surface area contributed by atoms with E-state index in [0.717, 1.165) is 16.7 Å². The van der Waals surface area contributed by atoms with Crippen molar-refractivity contribution in [2.45, 2.75) is 5.03 Å². The van der Waals surface area contributed by atoms with Gasteiger partial charge in [-0.3, -0.25) is 24.1 Å². The summed E-state index contributed by atoms with van der Waals surface area (Å²) in [6, 6.07) is 12.9. The van der Waals surface area contributed by atoms with Gasteiger partial charge in [0.25, 0.3) is 17.7 Å². The molecule has 11 heteroatoms. The second-order valence-electron chi connectivity index (χ2n) is 7.64. The Kier molecular flexibility index (Phi) is 5.83. The van der Waals surface area contributed by atoms with Crippen LogP contribution in [0.25, 0.3) is 0 Å². The predicted octanol–water partition coefficient (Wildman–Crippen LogP) is 3.02. The third-order valence-electron chi connectivity index (χ3n) is 5.36. The fourth-order valence-electron chi connectivity index (χ4n) is 3.62. The van der Waals surface area contributed by atoms with Gasteiger partial charge in [-0.25, -0.2) is 4.98 Å². The number of anilines is 2. The number of fused-ring (bicyclic) bond motifs is 2. The highest BCUT2D eigenvalue weighted by molar-refractivity contribution is 8.00. The number of aromatic nitrogens is 1. The standard InChI is InChI=1S/C24H18N4O6S/c1-28-23(31)15-6-4-13(9-17(15)24(28)32)27-21(30)16-3-2-8-25-22(16)35-11-20(29)26-14-5-7-18-19(10-14)34-12-33-18/h2-10H,11-12H2,1H3,(H,26,29)(H,27,30). The van der Waals surface area contributed by atoms with E-state index in [0.29, 0.717) is 33.5 Å². The van der Waals surface area contributed by atoms with Crippen LogP contribution in [0.1, 0.15) is 31.1 Å². The van der Waals surface area contributed by atoms with E-state index in [1.165, 1.54) is 25.4 Å². The predicted molar refractivity (Wildman–Crippen MR) is 127 cm³/mol. The SMILES string of the molecule is CN1C(=O)c2ccc(NC(=O)c3cccnc3SCC(=O)Nc3ccc4c(c3)OCO4)cc2C1=O. The molecule has 0 fully saturated rings. The average Bonchev–Trinajstić information content (AvgIpc) is 3.41. The molecule has 0 bridgehead atoms. The minimum absolute atomic E-state index is 0.0214. The maximum absolute atomic E-state index is 12.9. The molecule has 0 saturated carbocycles. The van der Waals surface area contributed by atoms with E-state index in [4.69, 9.17) is 9.47 Å². The average molecular weight is 490 g/mol. The van der Waals surface area contributed by atoms with Crippen LogP contribution in [0.2, 0.25) is 0 Å². The van der Waals surface area contributed by atoms with Gasteiger partial charge in [-0.15, -0.1) is 0 Å². The summed E-state index contributed by atoms with van der Waals surface area (Å²) in [7, 11) is 1.41. The molecular formula is C24H18N4O6S. The first-order valence-corrected chi connectivity index (χ1v) is 11.4. The zero-order chi connectivity index (χ0) is 24.5. The van der Waals surface area contributed by atoms with Crippen molar-refractivity contribution in [3.8, 4) is 11.5 Å². The molecule has 0 aliphatic carbocycles. The van der Waals surface area contributed by atoms with Crippen molar-refractivity contribution in [3.63, 3.8) is 0 Å². The normalized spacial score (nSPS) is 13.6. The lowest BCUT2D eigenvalue weighted by molar-refractivity contribution is -0.113. The summed E-state index contributed by atoms with van der Waals surface area (Å²) in [6.45, 7) is 0.143. The molecule has 2 aromatic carbocycles. The van der Waals surface area contributed by atoms with E-state index in [2.05, 4.69) is 15.6 Å². The molecule has 0 atom stereocenters. The number of hydrogen-bond acceptors (Lipinski definition) is 8. The fourth-order valence-corrected chi connectivity index (χ4v) is 4.41.